The van der Waals surface area contributed by atoms with Crippen LogP contribution in [0.4, 0.5) is 0 Å². The maximum Gasteiger partial charge on any atom is 0.181 e. The molecule has 29 heavy (non-hydrogen) atoms. The molecule has 6 heteroatoms. The lowest BCUT2D eigenvalue weighted by Crippen LogP contribution is -2.41. The monoisotopic (exact) mass is 380 g/mol. The number of aromatic amines is 1. The predicted molar refractivity (Wildman–Crippen MR) is 114 cm³/mol. The maximum absolute atomic E-state index is 4.89. The summed E-state index contributed by atoms with van der Waals surface area (Å²) < 4.78 is 0. The summed E-state index contributed by atoms with van der Waals surface area (Å²) in [4.78, 5) is 9.56. The van der Waals surface area contributed by atoms with Crippen LogP contribution in [0.15, 0.2) is 89.9 Å². The number of rotatable bonds is 4. The highest BCUT2D eigenvalue weighted by Gasteiger charge is 2.32. The fourth-order valence-electron chi connectivity index (χ4n) is 3.41. The van der Waals surface area contributed by atoms with Crippen LogP contribution >= 0.6 is 0 Å². The average molecular weight is 380 g/mol. The second-order valence-electron chi connectivity index (χ2n) is 7.10. The van der Waals surface area contributed by atoms with Gasteiger partial charge in [-0.25, -0.2) is 15.4 Å². The number of hydrazine groups is 1. The highest BCUT2D eigenvalue weighted by molar-refractivity contribution is 5.99. The predicted octanol–water partition coefficient (Wildman–Crippen LogP) is 3.87. The van der Waals surface area contributed by atoms with E-state index in [9.17, 15) is 0 Å². The summed E-state index contributed by atoms with van der Waals surface area (Å²) in [5, 5.41) is 7.44. The number of nitrogens with zero attached hydrogens (tertiary/aromatic N) is 3. The van der Waals surface area contributed by atoms with E-state index < -0.39 is 5.66 Å². The van der Waals surface area contributed by atoms with Gasteiger partial charge in [-0.05, 0) is 18.6 Å². The Hall–Kier alpha value is -3.77. The van der Waals surface area contributed by atoms with Crippen molar-refractivity contribution in [2.24, 2.45) is 4.99 Å². The molecule has 4 aromatic rings. The largest absolute Gasteiger partial charge is 0.303 e. The number of hydrogen-bond acceptors (Lipinski definition) is 5. The minimum atomic E-state index is -0.584. The van der Waals surface area contributed by atoms with Crippen molar-refractivity contribution in [2.75, 3.05) is 0 Å². The summed E-state index contributed by atoms with van der Waals surface area (Å²) in [7, 11) is 0. The molecule has 3 aromatic carbocycles. The van der Waals surface area contributed by atoms with E-state index in [1.165, 1.54) is 0 Å². The van der Waals surface area contributed by atoms with Crippen molar-refractivity contribution < 1.29 is 0 Å². The van der Waals surface area contributed by atoms with Crippen LogP contribution < -0.4 is 10.9 Å². The van der Waals surface area contributed by atoms with Crippen LogP contribution in [0.2, 0.25) is 0 Å². The van der Waals surface area contributed by atoms with Gasteiger partial charge in [-0.15, -0.1) is 0 Å². The smallest absolute Gasteiger partial charge is 0.181 e. The second kappa shape index (κ2) is 7.00. The molecule has 142 valence electrons. The summed E-state index contributed by atoms with van der Waals surface area (Å²) in [6.07, 6.45) is 0. The third-order valence-corrected chi connectivity index (χ3v) is 5.02. The van der Waals surface area contributed by atoms with Crippen molar-refractivity contribution in [3.63, 3.8) is 0 Å². The number of amidine groups is 1. The number of aromatic nitrogens is 3. The van der Waals surface area contributed by atoms with Gasteiger partial charge in [0.2, 0.25) is 0 Å². The number of benzene rings is 3. The Morgan fingerprint density at radius 1 is 0.759 bits per heavy atom. The Bertz CT molecular complexity index is 1170. The van der Waals surface area contributed by atoms with E-state index >= 15 is 0 Å². The first-order chi connectivity index (χ1) is 14.2. The summed E-state index contributed by atoms with van der Waals surface area (Å²) in [5.41, 5.74) is 9.95. The van der Waals surface area contributed by atoms with Crippen LogP contribution in [0, 0.1) is 0 Å². The highest BCUT2D eigenvalue weighted by atomic mass is 15.5. The van der Waals surface area contributed by atoms with Crippen LogP contribution in [0.1, 0.15) is 18.1 Å². The lowest BCUT2D eigenvalue weighted by Gasteiger charge is -2.21. The highest BCUT2D eigenvalue weighted by Crippen LogP contribution is 2.29. The second-order valence-corrected chi connectivity index (χ2v) is 7.10. The molecule has 1 aliphatic heterocycles. The molecule has 1 aliphatic rings. The Morgan fingerprint density at radius 3 is 2.21 bits per heavy atom. The Labute approximate surface area is 168 Å². The number of aliphatic imine (C=N–C) groups is 1. The molecule has 0 saturated carbocycles. The van der Waals surface area contributed by atoms with Gasteiger partial charge < -0.3 is 5.43 Å². The molecular formula is C23H20N6. The summed E-state index contributed by atoms with van der Waals surface area (Å²) in [5.74, 6) is 2.23. The van der Waals surface area contributed by atoms with Crippen LogP contribution in [0.3, 0.4) is 0 Å². The van der Waals surface area contributed by atoms with Crippen molar-refractivity contribution in [1.82, 2.24) is 26.0 Å². The first kappa shape index (κ1) is 17.3. The molecule has 0 amide bonds. The normalized spacial score (nSPS) is 18.3. The molecule has 1 unspecified atom stereocenters. The van der Waals surface area contributed by atoms with Crippen LogP contribution in [-0.4, -0.2) is 21.0 Å². The Morgan fingerprint density at radius 2 is 1.45 bits per heavy atom. The molecule has 6 nitrogen and oxygen atoms in total. The maximum atomic E-state index is 4.89. The third kappa shape index (κ3) is 3.30. The number of H-pyrrole nitrogens is 1. The van der Waals surface area contributed by atoms with Crippen LogP contribution in [0.25, 0.3) is 22.8 Å². The lowest BCUT2D eigenvalue weighted by molar-refractivity contribution is 0.399. The van der Waals surface area contributed by atoms with Gasteiger partial charge in [0, 0.05) is 16.7 Å². The van der Waals surface area contributed by atoms with E-state index in [1.54, 1.807) is 0 Å². The zero-order valence-corrected chi connectivity index (χ0v) is 15.9. The van der Waals surface area contributed by atoms with Gasteiger partial charge in [-0.3, -0.25) is 5.10 Å². The topological polar surface area (TPSA) is 78.0 Å². The minimum Gasteiger partial charge on any atom is -0.303 e. The standard InChI is InChI=1S/C23H20N6/c1-23(25-22(28-29-23)17-11-6-3-7-12-17)19-14-8-13-18(15-19)21-24-20(26-27-21)16-9-4-2-5-10-16/h2-15,29H,1H3,(H,25,28)(H,24,26,27). The van der Waals surface area contributed by atoms with Gasteiger partial charge in [0.25, 0.3) is 0 Å². The zero-order chi connectivity index (χ0) is 19.7. The van der Waals surface area contributed by atoms with Gasteiger partial charge in [0.1, 0.15) is 5.84 Å². The quantitative estimate of drug-likeness (QED) is 0.502. The minimum absolute atomic E-state index is 0.584. The SMILES string of the molecule is CC1(c2cccc(-c3n[nH]c(-c4ccccc4)n3)c2)N=C(c2ccccc2)NN1. The fraction of sp³-hybridized carbons (Fsp3) is 0.0870. The first-order valence-electron chi connectivity index (χ1n) is 9.48. The van der Waals surface area contributed by atoms with E-state index in [0.717, 1.165) is 33.9 Å². The molecular weight excluding hydrogens is 360 g/mol. The van der Waals surface area contributed by atoms with Gasteiger partial charge in [0.05, 0.1) is 0 Å². The van der Waals surface area contributed by atoms with E-state index in [-0.39, 0.29) is 0 Å². The van der Waals surface area contributed by atoms with E-state index in [1.807, 2.05) is 79.7 Å². The van der Waals surface area contributed by atoms with Crippen molar-refractivity contribution in [1.29, 1.82) is 0 Å². The van der Waals surface area contributed by atoms with Gasteiger partial charge >= 0.3 is 0 Å². The van der Waals surface area contributed by atoms with Crippen molar-refractivity contribution in [2.45, 2.75) is 12.6 Å². The van der Waals surface area contributed by atoms with Crippen molar-refractivity contribution in [3.05, 3.63) is 96.1 Å². The molecule has 2 heterocycles. The molecule has 0 spiro atoms. The first-order valence-corrected chi connectivity index (χ1v) is 9.48. The average Bonchev–Trinajstić information content (AvgIpc) is 3.44. The fourth-order valence-corrected chi connectivity index (χ4v) is 3.41. The molecule has 0 saturated heterocycles. The summed E-state index contributed by atoms with van der Waals surface area (Å²) in [6.45, 7) is 2.04. The van der Waals surface area contributed by atoms with E-state index in [2.05, 4.69) is 38.2 Å². The summed E-state index contributed by atoms with van der Waals surface area (Å²) in [6, 6.07) is 28.2. The number of nitrogens with one attached hydrogen (secondary N) is 3. The van der Waals surface area contributed by atoms with Crippen LogP contribution in [0.5, 0.6) is 0 Å². The van der Waals surface area contributed by atoms with E-state index in [0.29, 0.717) is 5.82 Å². The molecule has 3 N–H and O–H groups in total. The molecule has 1 aromatic heterocycles. The van der Waals surface area contributed by atoms with Gasteiger partial charge in [-0.1, -0.05) is 78.9 Å². The third-order valence-electron chi connectivity index (χ3n) is 5.02. The van der Waals surface area contributed by atoms with E-state index in [4.69, 9.17) is 4.99 Å². The van der Waals surface area contributed by atoms with Gasteiger partial charge in [-0.2, -0.15) is 5.10 Å². The molecule has 5 rings (SSSR count). The van der Waals surface area contributed by atoms with Gasteiger partial charge in [0.15, 0.2) is 17.3 Å². The number of hydrogen-bond donors (Lipinski definition) is 3. The molecule has 0 bridgehead atoms. The van der Waals surface area contributed by atoms with Crippen molar-refractivity contribution >= 4 is 5.84 Å². The van der Waals surface area contributed by atoms with Crippen LogP contribution in [-0.2, 0) is 5.66 Å². The zero-order valence-electron chi connectivity index (χ0n) is 15.9. The molecule has 0 fully saturated rings. The Kier molecular flexibility index (Phi) is 4.18. The molecule has 1 atom stereocenters. The molecule has 0 radical (unpaired) electrons. The Balaban J connectivity index is 1.46. The van der Waals surface area contributed by atoms with Crippen molar-refractivity contribution in [3.8, 4) is 22.8 Å². The lowest BCUT2D eigenvalue weighted by atomic mass is 10.00. The summed E-state index contributed by atoms with van der Waals surface area (Å²) >= 11 is 0. The molecule has 0 aliphatic carbocycles.